The molecule has 1 fully saturated rings. The zero-order valence-electron chi connectivity index (χ0n) is 14.2. The first-order chi connectivity index (χ1) is 12.4. The molecule has 2 heteroatoms. The van der Waals surface area contributed by atoms with Crippen LogP contribution in [0.4, 0.5) is 0 Å². The molecule has 1 aromatic carbocycles. The maximum absolute atomic E-state index is 4.74. The molecule has 1 spiro atoms. The van der Waals surface area contributed by atoms with Crippen LogP contribution < -0.4 is 0 Å². The van der Waals surface area contributed by atoms with Gasteiger partial charge in [0.15, 0.2) is 0 Å². The Morgan fingerprint density at radius 1 is 0.960 bits per heavy atom. The van der Waals surface area contributed by atoms with Crippen LogP contribution in [0.25, 0.3) is 33.5 Å². The van der Waals surface area contributed by atoms with Crippen molar-refractivity contribution in [2.24, 2.45) is 0 Å². The zero-order valence-corrected chi connectivity index (χ0v) is 14.2. The molecule has 0 amide bonds. The van der Waals surface area contributed by atoms with Gasteiger partial charge in [-0.25, -0.2) is 4.98 Å². The van der Waals surface area contributed by atoms with Crippen LogP contribution in [0.2, 0.25) is 0 Å². The van der Waals surface area contributed by atoms with Gasteiger partial charge >= 0.3 is 0 Å². The van der Waals surface area contributed by atoms with E-state index < -0.39 is 0 Å². The number of benzene rings is 1. The van der Waals surface area contributed by atoms with Crippen LogP contribution in [-0.2, 0) is 5.41 Å². The highest BCUT2D eigenvalue weighted by molar-refractivity contribution is 6.03. The van der Waals surface area contributed by atoms with E-state index in [1.54, 1.807) is 5.56 Å². The molecule has 2 aliphatic carbocycles. The van der Waals surface area contributed by atoms with Crippen molar-refractivity contribution in [3.63, 3.8) is 0 Å². The highest BCUT2D eigenvalue weighted by Gasteiger charge is 2.38. The van der Waals surface area contributed by atoms with Gasteiger partial charge in [0.05, 0.1) is 11.0 Å². The van der Waals surface area contributed by atoms with E-state index in [-0.39, 0.29) is 5.41 Å². The fraction of sp³-hybridized carbons (Fsp3) is 0.261. The Hall–Kier alpha value is -2.61. The van der Waals surface area contributed by atoms with E-state index in [1.807, 2.05) is 12.3 Å². The number of para-hydroxylation sites is 1. The number of nitrogens with zero attached hydrogens (tertiary/aromatic N) is 2. The van der Waals surface area contributed by atoms with Crippen molar-refractivity contribution in [2.45, 2.75) is 37.5 Å². The minimum atomic E-state index is 0.210. The number of pyridine rings is 2. The van der Waals surface area contributed by atoms with Crippen LogP contribution in [0.15, 0.2) is 54.7 Å². The Bertz CT molecular complexity index is 1170. The summed E-state index contributed by atoms with van der Waals surface area (Å²) in [5.74, 6) is 0. The molecule has 122 valence electrons. The third-order valence-electron chi connectivity index (χ3n) is 6.31. The van der Waals surface area contributed by atoms with Gasteiger partial charge in [0.2, 0.25) is 0 Å². The topological polar surface area (TPSA) is 17.3 Å². The minimum Gasteiger partial charge on any atom is -0.293 e. The second kappa shape index (κ2) is 4.72. The maximum atomic E-state index is 4.74. The van der Waals surface area contributed by atoms with Crippen LogP contribution in [0.1, 0.15) is 43.2 Å². The van der Waals surface area contributed by atoms with E-state index in [9.17, 15) is 0 Å². The lowest BCUT2D eigenvalue weighted by molar-refractivity contribution is 0.361. The molecule has 2 nitrogen and oxygen atoms in total. The van der Waals surface area contributed by atoms with E-state index in [1.165, 1.54) is 59.5 Å². The van der Waals surface area contributed by atoms with Gasteiger partial charge in [0.1, 0.15) is 5.65 Å². The minimum absolute atomic E-state index is 0.210. The van der Waals surface area contributed by atoms with Gasteiger partial charge in [-0.3, -0.25) is 4.40 Å². The van der Waals surface area contributed by atoms with E-state index in [4.69, 9.17) is 4.98 Å². The molecule has 4 aromatic rings. The number of rotatable bonds is 0. The van der Waals surface area contributed by atoms with Crippen LogP contribution in [0.5, 0.6) is 0 Å². The largest absolute Gasteiger partial charge is 0.293 e. The first kappa shape index (κ1) is 13.7. The fourth-order valence-corrected chi connectivity index (χ4v) is 5.24. The second-order valence-corrected chi connectivity index (χ2v) is 7.64. The average molecular weight is 324 g/mol. The van der Waals surface area contributed by atoms with Crippen molar-refractivity contribution < 1.29 is 0 Å². The van der Waals surface area contributed by atoms with Gasteiger partial charge < -0.3 is 0 Å². The summed E-state index contributed by atoms with van der Waals surface area (Å²) in [7, 11) is 0. The summed E-state index contributed by atoms with van der Waals surface area (Å²) in [5, 5.41) is 2.62. The number of hydrogen-bond acceptors (Lipinski definition) is 1. The molecule has 0 radical (unpaired) electrons. The van der Waals surface area contributed by atoms with E-state index >= 15 is 0 Å². The molecule has 1 saturated carbocycles. The monoisotopic (exact) mass is 324 g/mol. The number of fused-ring (bicyclic) bond motifs is 6. The van der Waals surface area contributed by atoms with Crippen LogP contribution in [0, 0.1) is 0 Å². The van der Waals surface area contributed by atoms with E-state index in [0.29, 0.717) is 0 Å². The molecule has 0 unspecified atom stereocenters. The summed E-state index contributed by atoms with van der Waals surface area (Å²) >= 11 is 0. The summed E-state index contributed by atoms with van der Waals surface area (Å²) in [6.45, 7) is 0. The molecule has 0 N–H and O–H groups in total. The third-order valence-corrected chi connectivity index (χ3v) is 6.31. The summed E-state index contributed by atoms with van der Waals surface area (Å²) in [4.78, 5) is 4.74. The highest BCUT2D eigenvalue weighted by atomic mass is 15.0. The molecule has 2 aliphatic rings. The van der Waals surface area contributed by atoms with Crippen molar-refractivity contribution in [1.29, 1.82) is 0 Å². The average Bonchev–Trinajstić information content (AvgIpc) is 3.03. The van der Waals surface area contributed by atoms with E-state index in [2.05, 4.69) is 53.0 Å². The van der Waals surface area contributed by atoms with Crippen LogP contribution in [0.3, 0.4) is 0 Å². The lowest BCUT2D eigenvalue weighted by Crippen LogP contribution is -2.28. The summed E-state index contributed by atoms with van der Waals surface area (Å²) in [5.41, 5.74) is 6.85. The van der Waals surface area contributed by atoms with Crippen molar-refractivity contribution in [3.8, 4) is 0 Å². The molecule has 3 aromatic heterocycles. The third kappa shape index (κ3) is 1.67. The lowest BCUT2D eigenvalue weighted by Gasteiger charge is -2.37. The normalized spacial score (nSPS) is 18.6. The Balaban J connectivity index is 1.88. The predicted octanol–water partition coefficient (Wildman–Crippen LogP) is 5.87. The fourth-order valence-electron chi connectivity index (χ4n) is 5.24. The second-order valence-electron chi connectivity index (χ2n) is 7.64. The molecule has 25 heavy (non-hydrogen) atoms. The standard InChI is InChI=1S/C23H20N2/c1-4-11-23(12-5-1)13-10-16-15-17-7-6-14-24-22(17)25-19-9-3-2-8-18(19)20(23)21(16)25/h2-3,6-10,13-15H,1,4-5,11-12H2. The highest BCUT2D eigenvalue weighted by Crippen LogP contribution is 2.50. The Labute approximate surface area is 146 Å². The maximum Gasteiger partial charge on any atom is 0.144 e. The molecule has 3 heterocycles. The SMILES string of the molecule is C1=CC2(CCCCC2)c2c3ccccc3n3c2c1cc1cccnc13. The van der Waals surface area contributed by atoms with Crippen molar-refractivity contribution >= 4 is 33.5 Å². The zero-order chi connectivity index (χ0) is 16.4. The molecule has 0 atom stereocenters. The molecule has 6 rings (SSSR count). The first-order valence-corrected chi connectivity index (χ1v) is 9.38. The Morgan fingerprint density at radius 3 is 2.76 bits per heavy atom. The Morgan fingerprint density at radius 2 is 1.84 bits per heavy atom. The van der Waals surface area contributed by atoms with Gasteiger partial charge in [-0.2, -0.15) is 0 Å². The van der Waals surface area contributed by atoms with Crippen LogP contribution >= 0.6 is 0 Å². The van der Waals surface area contributed by atoms with Crippen molar-refractivity contribution in [3.05, 3.63) is 65.9 Å². The molecule has 0 bridgehead atoms. The van der Waals surface area contributed by atoms with E-state index in [0.717, 1.165) is 5.65 Å². The quantitative estimate of drug-likeness (QED) is 0.395. The van der Waals surface area contributed by atoms with Crippen molar-refractivity contribution in [2.75, 3.05) is 0 Å². The van der Waals surface area contributed by atoms with Gasteiger partial charge in [0, 0.05) is 22.4 Å². The molecule has 0 aliphatic heterocycles. The summed E-state index contributed by atoms with van der Waals surface area (Å²) in [6, 6.07) is 15.4. The van der Waals surface area contributed by atoms with Crippen LogP contribution in [-0.4, -0.2) is 9.38 Å². The summed E-state index contributed by atoms with van der Waals surface area (Å²) < 4.78 is 2.41. The van der Waals surface area contributed by atoms with Crippen molar-refractivity contribution in [1.82, 2.24) is 9.38 Å². The molecular weight excluding hydrogens is 304 g/mol. The van der Waals surface area contributed by atoms with Gasteiger partial charge in [-0.15, -0.1) is 0 Å². The smallest absolute Gasteiger partial charge is 0.144 e. The summed E-state index contributed by atoms with van der Waals surface area (Å²) in [6.07, 6.45) is 13.4. The Kier molecular flexibility index (Phi) is 2.58. The number of allylic oxidation sites excluding steroid dienone is 1. The predicted molar refractivity (Wildman–Crippen MR) is 104 cm³/mol. The van der Waals surface area contributed by atoms with Gasteiger partial charge in [-0.05, 0) is 48.2 Å². The lowest BCUT2D eigenvalue weighted by atomic mass is 9.66. The van der Waals surface area contributed by atoms with Gasteiger partial charge in [0.25, 0.3) is 0 Å². The first-order valence-electron chi connectivity index (χ1n) is 9.38. The number of aromatic nitrogens is 2. The molecule has 0 saturated heterocycles. The molecular formula is C23H20N2. The number of hydrogen-bond donors (Lipinski definition) is 0. The van der Waals surface area contributed by atoms with Gasteiger partial charge in [-0.1, -0.05) is 49.6 Å².